The highest BCUT2D eigenvalue weighted by Crippen LogP contribution is 2.23. The summed E-state index contributed by atoms with van der Waals surface area (Å²) < 4.78 is 12.8. The van der Waals surface area contributed by atoms with Crippen molar-refractivity contribution in [1.82, 2.24) is 8.75 Å². The van der Waals surface area contributed by atoms with E-state index in [0.717, 1.165) is 5.03 Å². The predicted molar refractivity (Wildman–Crippen MR) is 38.2 cm³/mol. The summed E-state index contributed by atoms with van der Waals surface area (Å²) in [5, 5.41) is 0.863. The summed E-state index contributed by atoms with van der Waals surface area (Å²) in [5.74, 6) is 0.632. The third kappa shape index (κ3) is 1.34. The van der Waals surface area contributed by atoms with Crippen LogP contribution in [0.2, 0.25) is 0 Å². The molecule has 0 atom stereocenters. The molecule has 0 aliphatic carbocycles. The highest BCUT2D eigenvalue weighted by Gasteiger charge is 2.04. The zero-order chi connectivity index (χ0) is 6.69. The summed E-state index contributed by atoms with van der Waals surface area (Å²) in [7, 11) is 1.59. The van der Waals surface area contributed by atoms with Crippen molar-refractivity contribution >= 4 is 23.5 Å². The maximum absolute atomic E-state index is 4.89. The number of rotatable bonds is 2. The Hall–Kier alpha value is -0.290. The van der Waals surface area contributed by atoms with Crippen LogP contribution in [0.4, 0.5) is 0 Å². The van der Waals surface area contributed by atoms with Crippen LogP contribution in [-0.4, -0.2) is 22.1 Å². The van der Waals surface area contributed by atoms with E-state index < -0.39 is 0 Å². The Morgan fingerprint density at radius 2 is 2.33 bits per heavy atom. The monoisotopic (exact) mass is 162 g/mol. The lowest BCUT2D eigenvalue weighted by Crippen LogP contribution is -1.82. The molecular formula is C4H6N2OS2. The van der Waals surface area contributed by atoms with Gasteiger partial charge in [-0.05, 0) is 6.26 Å². The molecule has 0 spiro atoms. The van der Waals surface area contributed by atoms with E-state index >= 15 is 0 Å². The topological polar surface area (TPSA) is 35.0 Å². The van der Waals surface area contributed by atoms with Crippen molar-refractivity contribution in [2.75, 3.05) is 13.4 Å². The Morgan fingerprint density at radius 1 is 1.56 bits per heavy atom. The molecule has 1 rings (SSSR count). The molecule has 3 nitrogen and oxygen atoms in total. The van der Waals surface area contributed by atoms with Gasteiger partial charge in [0, 0.05) is 0 Å². The first-order chi connectivity index (χ1) is 4.38. The van der Waals surface area contributed by atoms with E-state index in [2.05, 4.69) is 8.75 Å². The summed E-state index contributed by atoms with van der Waals surface area (Å²) >= 11 is 2.71. The molecule has 0 N–H and O–H groups in total. The summed E-state index contributed by atoms with van der Waals surface area (Å²) in [6.07, 6.45) is 1.94. The molecule has 0 bridgehead atoms. The second kappa shape index (κ2) is 3.03. The van der Waals surface area contributed by atoms with Gasteiger partial charge in [-0.15, -0.1) is 16.1 Å². The molecule has 5 heteroatoms. The fourth-order valence-corrected chi connectivity index (χ4v) is 1.61. The molecule has 0 aliphatic heterocycles. The minimum absolute atomic E-state index is 0.632. The second-order valence-corrected chi connectivity index (χ2v) is 2.61. The van der Waals surface area contributed by atoms with E-state index in [1.165, 1.54) is 23.5 Å². The molecule has 0 radical (unpaired) electrons. The maximum Gasteiger partial charge on any atom is 0.259 e. The summed E-state index contributed by atoms with van der Waals surface area (Å²) in [4.78, 5) is 0. The molecule has 0 aliphatic rings. The fourth-order valence-electron chi connectivity index (χ4n) is 0.422. The average molecular weight is 162 g/mol. The molecule has 50 valence electrons. The van der Waals surface area contributed by atoms with Gasteiger partial charge in [-0.25, -0.2) is 0 Å². The predicted octanol–water partition coefficient (Wildman–Crippen LogP) is 1.27. The molecule has 1 aromatic rings. The Labute approximate surface area is 61.8 Å². The second-order valence-electron chi connectivity index (χ2n) is 1.28. The molecular weight excluding hydrogens is 156 g/mol. The van der Waals surface area contributed by atoms with Crippen LogP contribution in [0.1, 0.15) is 0 Å². The number of thioether (sulfide) groups is 1. The van der Waals surface area contributed by atoms with Gasteiger partial charge in [0.2, 0.25) is 0 Å². The largest absolute Gasteiger partial charge is 0.478 e. The highest BCUT2D eigenvalue weighted by atomic mass is 32.2. The van der Waals surface area contributed by atoms with Gasteiger partial charge in [0.15, 0.2) is 5.03 Å². The lowest BCUT2D eigenvalue weighted by Gasteiger charge is -1.91. The first kappa shape index (κ1) is 6.82. The molecule has 0 aromatic carbocycles. The van der Waals surface area contributed by atoms with Crippen molar-refractivity contribution in [3.05, 3.63) is 0 Å². The molecule has 0 unspecified atom stereocenters. The van der Waals surface area contributed by atoms with E-state index in [9.17, 15) is 0 Å². The first-order valence-corrected chi connectivity index (χ1v) is 4.24. The van der Waals surface area contributed by atoms with Crippen molar-refractivity contribution in [3.8, 4) is 5.88 Å². The van der Waals surface area contributed by atoms with Crippen molar-refractivity contribution in [1.29, 1.82) is 0 Å². The van der Waals surface area contributed by atoms with E-state index in [4.69, 9.17) is 4.74 Å². The molecule has 1 aromatic heterocycles. The van der Waals surface area contributed by atoms with Crippen molar-refractivity contribution < 1.29 is 4.74 Å². The lowest BCUT2D eigenvalue weighted by molar-refractivity contribution is 0.390. The van der Waals surface area contributed by atoms with Gasteiger partial charge in [-0.2, -0.15) is 4.37 Å². The molecule has 0 amide bonds. The van der Waals surface area contributed by atoms with E-state index in [1.54, 1.807) is 7.11 Å². The van der Waals surface area contributed by atoms with Crippen LogP contribution in [0.5, 0.6) is 5.88 Å². The van der Waals surface area contributed by atoms with Gasteiger partial charge < -0.3 is 4.74 Å². The Bertz CT molecular complexity index is 170. The third-order valence-corrected chi connectivity index (χ3v) is 2.10. The third-order valence-electron chi connectivity index (χ3n) is 0.817. The molecule has 1 heterocycles. The summed E-state index contributed by atoms with van der Waals surface area (Å²) in [6.45, 7) is 0. The number of aromatic nitrogens is 2. The van der Waals surface area contributed by atoms with E-state index in [0.29, 0.717) is 5.88 Å². The number of hydrogen-bond acceptors (Lipinski definition) is 5. The molecule has 0 saturated heterocycles. The molecule has 0 saturated carbocycles. The molecule has 0 fully saturated rings. The van der Waals surface area contributed by atoms with Crippen LogP contribution >= 0.6 is 23.5 Å². The van der Waals surface area contributed by atoms with Crippen LogP contribution in [0.25, 0.3) is 0 Å². The Morgan fingerprint density at radius 3 is 2.78 bits per heavy atom. The zero-order valence-corrected chi connectivity index (χ0v) is 6.75. The van der Waals surface area contributed by atoms with Gasteiger partial charge >= 0.3 is 0 Å². The maximum atomic E-state index is 4.89. The number of ether oxygens (including phenoxy) is 1. The van der Waals surface area contributed by atoms with E-state index in [1.807, 2.05) is 6.26 Å². The standard InChI is InChI=1S/C4H6N2OS2/c1-7-3-4(8-2)6-9-5-3/h1-2H3. The van der Waals surface area contributed by atoms with Crippen LogP contribution < -0.4 is 4.74 Å². The SMILES string of the molecule is COc1nsnc1SC. The molecule has 9 heavy (non-hydrogen) atoms. The van der Waals surface area contributed by atoms with Crippen LogP contribution in [0.3, 0.4) is 0 Å². The number of hydrogen-bond donors (Lipinski definition) is 0. The number of nitrogens with zero attached hydrogens (tertiary/aromatic N) is 2. The normalized spacial score (nSPS) is 9.56. The van der Waals surface area contributed by atoms with E-state index in [-0.39, 0.29) is 0 Å². The summed E-state index contributed by atoms with van der Waals surface area (Å²) in [6, 6.07) is 0. The van der Waals surface area contributed by atoms with Crippen LogP contribution in [0.15, 0.2) is 5.03 Å². The average Bonchev–Trinajstić information content (AvgIpc) is 2.33. The van der Waals surface area contributed by atoms with Gasteiger partial charge in [0.1, 0.15) is 0 Å². The number of methoxy groups -OCH3 is 1. The van der Waals surface area contributed by atoms with Crippen LogP contribution in [-0.2, 0) is 0 Å². The Balaban J connectivity index is 2.85. The quantitative estimate of drug-likeness (QED) is 0.613. The lowest BCUT2D eigenvalue weighted by atomic mass is 10.8. The van der Waals surface area contributed by atoms with Gasteiger partial charge in [-0.3, -0.25) is 0 Å². The van der Waals surface area contributed by atoms with Crippen molar-refractivity contribution in [2.45, 2.75) is 5.03 Å². The minimum atomic E-state index is 0.632. The van der Waals surface area contributed by atoms with Gasteiger partial charge in [-0.1, -0.05) is 0 Å². The fraction of sp³-hybridized carbons (Fsp3) is 0.500. The van der Waals surface area contributed by atoms with Crippen molar-refractivity contribution in [2.24, 2.45) is 0 Å². The Kier molecular flexibility index (Phi) is 2.29. The van der Waals surface area contributed by atoms with Gasteiger partial charge in [0.25, 0.3) is 5.88 Å². The summed E-state index contributed by atoms with van der Waals surface area (Å²) in [5.41, 5.74) is 0. The zero-order valence-electron chi connectivity index (χ0n) is 5.12. The first-order valence-electron chi connectivity index (χ1n) is 2.29. The minimum Gasteiger partial charge on any atom is -0.478 e. The van der Waals surface area contributed by atoms with Crippen molar-refractivity contribution in [3.63, 3.8) is 0 Å². The van der Waals surface area contributed by atoms with Gasteiger partial charge in [0.05, 0.1) is 18.8 Å². The highest BCUT2D eigenvalue weighted by molar-refractivity contribution is 7.98. The smallest absolute Gasteiger partial charge is 0.259 e. The van der Waals surface area contributed by atoms with Crippen LogP contribution in [0, 0.1) is 0 Å².